The number of rotatable bonds is 5. The van der Waals surface area contributed by atoms with Crippen molar-refractivity contribution >= 4 is 11.8 Å². The van der Waals surface area contributed by atoms with Crippen LogP contribution in [0.3, 0.4) is 0 Å². The normalized spacial score (nSPS) is 10.1. The first kappa shape index (κ1) is 15.6. The topological polar surface area (TPSA) is 72.8 Å². The molecule has 22 heavy (non-hydrogen) atoms. The third-order valence-corrected chi connectivity index (χ3v) is 3.36. The van der Waals surface area contributed by atoms with Gasteiger partial charge in [0, 0.05) is 17.2 Å². The molecule has 0 heterocycles. The number of methoxy groups -OCH3 is 2. The highest BCUT2D eigenvalue weighted by atomic mass is 16.5. The van der Waals surface area contributed by atoms with E-state index in [1.807, 2.05) is 0 Å². The Morgan fingerprint density at radius 1 is 0.955 bits per heavy atom. The molecule has 0 unspecified atom stereocenters. The van der Waals surface area contributed by atoms with E-state index in [-0.39, 0.29) is 11.3 Å². The molecule has 0 amide bonds. The van der Waals surface area contributed by atoms with Gasteiger partial charge < -0.3 is 14.6 Å². The van der Waals surface area contributed by atoms with Gasteiger partial charge in [0.1, 0.15) is 11.5 Å². The zero-order valence-corrected chi connectivity index (χ0v) is 12.5. The summed E-state index contributed by atoms with van der Waals surface area (Å²) >= 11 is 0. The van der Waals surface area contributed by atoms with Crippen LogP contribution in [0.15, 0.2) is 36.4 Å². The molecular formula is C17H16O5. The van der Waals surface area contributed by atoms with Crippen LogP contribution < -0.4 is 9.47 Å². The first-order valence-corrected chi connectivity index (χ1v) is 6.58. The third-order valence-electron chi connectivity index (χ3n) is 3.36. The van der Waals surface area contributed by atoms with Crippen molar-refractivity contribution < 1.29 is 24.2 Å². The van der Waals surface area contributed by atoms with E-state index >= 15 is 0 Å². The van der Waals surface area contributed by atoms with E-state index in [0.717, 1.165) is 0 Å². The van der Waals surface area contributed by atoms with E-state index in [0.29, 0.717) is 28.2 Å². The Hall–Kier alpha value is -2.82. The van der Waals surface area contributed by atoms with E-state index in [9.17, 15) is 14.7 Å². The summed E-state index contributed by atoms with van der Waals surface area (Å²) < 4.78 is 10.4. The van der Waals surface area contributed by atoms with E-state index < -0.39 is 5.97 Å². The molecule has 0 fully saturated rings. The number of carbonyl (C=O) groups is 2. The summed E-state index contributed by atoms with van der Waals surface area (Å²) in [6.45, 7) is 1.40. The number of carboxylic acids is 1. The first-order valence-electron chi connectivity index (χ1n) is 6.58. The zero-order chi connectivity index (χ0) is 16.3. The van der Waals surface area contributed by atoms with Gasteiger partial charge in [-0.25, -0.2) is 4.79 Å². The Morgan fingerprint density at radius 2 is 1.64 bits per heavy atom. The Morgan fingerprint density at radius 3 is 2.18 bits per heavy atom. The Balaban J connectivity index is 2.66. The molecule has 2 rings (SSSR count). The number of Topliss-reactive ketones (excluding diaryl/α,β-unsaturated/α-hetero) is 1. The highest BCUT2D eigenvalue weighted by Crippen LogP contribution is 2.35. The Labute approximate surface area is 128 Å². The van der Waals surface area contributed by atoms with Crippen LogP contribution in [0, 0.1) is 0 Å². The van der Waals surface area contributed by atoms with Crippen LogP contribution in [-0.4, -0.2) is 31.1 Å². The van der Waals surface area contributed by atoms with Crippen molar-refractivity contribution in [3.8, 4) is 22.6 Å². The quantitative estimate of drug-likeness (QED) is 0.858. The van der Waals surface area contributed by atoms with Crippen molar-refractivity contribution in [2.24, 2.45) is 0 Å². The molecule has 2 aromatic carbocycles. The van der Waals surface area contributed by atoms with Crippen molar-refractivity contribution in [2.45, 2.75) is 6.92 Å². The fourth-order valence-electron chi connectivity index (χ4n) is 2.20. The fourth-order valence-corrected chi connectivity index (χ4v) is 2.20. The maximum absolute atomic E-state index is 11.5. The van der Waals surface area contributed by atoms with E-state index in [1.54, 1.807) is 37.4 Å². The summed E-state index contributed by atoms with van der Waals surface area (Å²) in [6, 6.07) is 9.73. The second-order valence-corrected chi connectivity index (χ2v) is 4.69. The van der Waals surface area contributed by atoms with E-state index in [4.69, 9.17) is 9.47 Å². The lowest BCUT2D eigenvalue weighted by Crippen LogP contribution is -2.04. The van der Waals surface area contributed by atoms with Gasteiger partial charge in [0.25, 0.3) is 0 Å². The number of carboxylic acid groups (broad SMARTS) is 1. The van der Waals surface area contributed by atoms with Gasteiger partial charge in [0.15, 0.2) is 5.78 Å². The summed E-state index contributed by atoms with van der Waals surface area (Å²) in [4.78, 5) is 23.0. The second-order valence-electron chi connectivity index (χ2n) is 4.69. The smallest absolute Gasteiger partial charge is 0.336 e. The summed E-state index contributed by atoms with van der Waals surface area (Å²) in [6.07, 6.45) is 0. The van der Waals surface area contributed by atoms with Crippen molar-refractivity contribution in [3.63, 3.8) is 0 Å². The number of hydrogen-bond acceptors (Lipinski definition) is 4. The minimum atomic E-state index is -1.10. The second kappa shape index (κ2) is 6.30. The van der Waals surface area contributed by atoms with Crippen LogP contribution in [0.4, 0.5) is 0 Å². The van der Waals surface area contributed by atoms with Crippen LogP contribution in [0.2, 0.25) is 0 Å². The standard InChI is InChI=1S/C17H16O5/c1-10(18)11-4-6-13(15(8-11)17(19)20)14-7-5-12(21-2)9-16(14)22-3/h4-9H,1-3H3,(H,19,20). The average molecular weight is 300 g/mol. The van der Waals surface area contributed by atoms with Crippen LogP contribution in [0.25, 0.3) is 11.1 Å². The van der Waals surface area contributed by atoms with Gasteiger partial charge in [0.05, 0.1) is 19.8 Å². The monoisotopic (exact) mass is 300 g/mol. The van der Waals surface area contributed by atoms with Gasteiger partial charge in [0.2, 0.25) is 0 Å². The predicted molar refractivity (Wildman–Crippen MR) is 81.9 cm³/mol. The molecule has 0 aliphatic carbocycles. The third kappa shape index (κ3) is 2.93. The van der Waals surface area contributed by atoms with Gasteiger partial charge in [-0.15, -0.1) is 0 Å². The van der Waals surface area contributed by atoms with Crippen LogP contribution in [-0.2, 0) is 0 Å². The maximum Gasteiger partial charge on any atom is 0.336 e. The number of benzene rings is 2. The minimum absolute atomic E-state index is 0.0520. The molecule has 2 aromatic rings. The molecule has 0 aromatic heterocycles. The summed E-state index contributed by atoms with van der Waals surface area (Å²) in [5.41, 5.74) is 1.51. The average Bonchev–Trinajstić information content (AvgIpc) is 2.53. The highest BCUT2D eigenvalue weighted by Gasteiger charge is 2.17. The molecule has 0 spiro atoms. The molecule has 0 bridgehead atoms. The van der Waals surface area contributed by atoms with E-state index in [2.05, 4.69) is 0 Å². The molecule has 1 N–H and O–H groups in total. The molecule has 114 valence electrons. The van der Waals surface area contributed by atoms with Crippen molar-refractivity contribution in [1.29, 1.82) is 0 Å². The summed E-state index contributed by atoms with van der Waals surface area (Å²) in [5, 5.41) is 9.42. The highest BCUT2D eigenvalue weighted by molar-refractivity contribution is 6.02. The molecule has 0 aliphatic rings. The largest absolute Gasteiger partial charge is 0.497 e. The molecule has 0 aliphatic heterocycles. The van der Waals surface area contributed by atoms with Gasteiger partial charge in [-0.1, -0.05) is 12.1 Å². The molecule has 5 nitrogen and oxygen atoms in total. The summed E-state index contributed by atoms with van der Waals surface area (Å²) in [7, 11) is 3.04. The van der Waals surface area contributed by atoms with Crippen molar-refractivity contribution in [3.05, 3.63) is 47.5 Å². The van der Waals surface area contributed by atoms with Crippen LogP contribution in [0.1, 0.15) is 27.6 Å². The number of ether oxygens (including phenoxy) is 2. The first-order chi connectivity index (χ1) is 10.5. The molecular weight excluding hydrogens is 284 g/mol. The lowest BCUT2D eigenvalue weighted by Gasteiger charge is -2.13. The number of hydrogen-bond donors (Lipinski definition) is 1. The van der Waals surface area contributed by atoms with Gasteiger partial charge in [-0.2, -0.15) is 0 Å². The lowest BCUT2D eigenvalue weighted by molar-refractivity contribution is 0.0697. The fraction of sp³-hybridized carbons (Fsp3) is 0.176. The number of aromatic carboxylic acids is 1. The van der Waals surface area contributed by atoms with Gasteiger partial charge >= 0.3 is 5.97 Å². The van der Waals surface area contributed by atoms with Gasteiger partial charge in [-0.3, -0.25) is 4.79 Å². The Bertz CT molecular complexity index is 734. The molecule has 0 radical (unpaired) electrons. The van der Waals surface area contributed by atoms with Crippen molar-refractivity contribution in [1.82, 2.24) is 0 Å². The molecule has 0 atom stereocenters. The zero-order valence-electron chi connectivity index (χ0n) is 12.5. The SMILES string of the molecule is COc1ccc(-c2ccc(C(C)=O)cc2C(=O)O)c(OC)c1. The number of ketones is 1. The molecule has 0 saturated heterocycles. The molecule has 5 heteroatoms. The Kier molecular flexibility index (Phi) is 4.46. The predicted octanol–water partition coefficient (Wildman–Crippen LogP) is 3.27. The van der Waals surface area contributed by atoms with Crippen LogP contribution in [0.5, 0.6) is 11.5 Å². The number of carbonyl (C=O) groups excluding carboxylic acids is 1. The van der Waals surface area contributed by atoms with Crippen LogP contribution >= 0.6 is 0 Å². The van der Waals surface area contributed by atoms with E-state index in [1.165, 1.54) is 20.1 Å². The van der Waals surface area contributed by atoms with Gasteiger partial charge in [-0.05, 0) is 30.7 Å². The lowest BCUT2D eigenvalue weighted by atomic mass is 9.95. The summed E-state index contributed by atoms with van der Waals surface area (Å²) in [5.74, 6) is -0.179. The minimum Gasteiger partial charge on any atom is -0.497 e. The van der Waals surface area contributed by atoms with Crippen molar-refractivity contribution in [2.75, 3.05) is 14.2 Å². The molecule has 0 saturated carbocycles. The maximum atomic E-state index is 11.5.